The summed E-state index contributed by atoms with van der Waals surface area (Å²) in [4.78, 5) is 21.5. The second kappa shape index (κ2) is 4.18. The van der Waals surface area contributed by atoms with E-state index in [2.05, 4.69) is 16.1 Å². The molecule has 0 aromatic rings. The van der Waals surface area contributed by atoms with E-state index < -0.39 is 17.7 Å². The lowest BCUT2D eigenvalue weighted by atomic mass is 10.1. The van der Waals surface area contributed by atoms with E-state index in [1.54, 1.807) is 0 Å². The summed E-state index contributed by atoms with van der Waals surface area (Å²) in [5.41, 5.74) is 9.57. The fourth-order valence-corrected chi connectivity index (χ4v) is 0.874. The van der Waals surface area contributed by atoms with E-state index in [-0.39, 0.29) is 25.5 Å². The minimum atomic E-state index is -1.03. The smallest absolute Gasteiger partial charge is 0.459 e. The Balaban J connectivity index is 2.40. The molecule has 0 atom stereocenters. The molecule has 1 aliphatic heterocycles. The monoisotopic (exact) mass is 216 g/mol. The van der Waals surface area contributed by atoms with Crippen molar-refractivity contribution in [2.75, 3.05) is 19.8 Å². The molecule has 0 bridgehead atoms. The number of carbonyl (C=O) groups excluding carboxylic acids is 2. The summed E-state index contributed by atoms with van der Waals surface area (Å²) in [5, 5.41) is 0. The van der Waals surface area contributed by atoms with Gasteiger partial charge in [-0.15, -0.1) is 0 Å². The predicted molar refractivity (Wildman–Crippen MR) is 48.5 cm³/mol. The zero-order valence-corrected chi connectivity index (χ0v) is 8.02. The summed E-state index contributed by atoms with van der Waals surface area (Å²) >= 11 is 0. The van der Waals surface area contributed by atoms with Crippen molar-refractivity contribution < 1.29 is 23.8 Å². The number of hydrogen-bond donors (Lipinski definition) is 2. The number of rotatable bonds is 3. The van der Waals surface area contributed by atoms with Crippen LogP contribution in [0.2, 0.25) is 0 Å². The van der Waals surface area contributed by atoms with Gasteiger partial charge in [0.1, 0.15) is 31.1 Å². The van der Waals surface area contributed by atoms with Crippen molar-refractivity contribution in [1.82, 2.24) is 0 Å². The van der Waals surface area contributed by atoms with Gasteiger partial charge in [-0.2, -0.15) is 0 Å². The fourth-order valence-electron chi connectivity index (χ4n) is 0.874. The zero-order chi connectivity index (χ0) is 11.5. The van der Waals surface area contributed by atoms with E-state index in [0.717, 1.165) is 0 Å². The summed E-state index contributed by atoms with van der Waals surface area (Å²) < 4.78 is 13.8. The first-order valence-electron chi connectivity index (χ1n) is 4.13. The molecule has 1 fully saturated rings. The molecule has 0 spiro atoms. The van der Waals surface area contributed by atoms with Crippen molar-refractivity contribution in [3.8, 4) is 0 Å². The van der Waals surface area contributed by atoms with Crippen molar-refractivity contribution in [3.63, 3.8) is 0 Å². The number of cyclic esters (lactones) is 2. The lowest BCUT2D eigenvalue weighted by molar-refractivity contribution is -0.143. The first-order chi connectivity index (χ1) is 6.93. The molecular formula is C8H12N2O5. The number of esters is 1. The van der Waals surface area contributed by atoms with Crippen LogP contribution in [0.4, 0.5) is 4.79 Å². The Morgan fingerprint density at radius 2 is 2.07 bits per heavy atom. The Labute approximate surface area is 85.9 Å². The van der Waals surface area contributed by atoms with Gasteiger partial charge < -0.3 is 25.7 Å². The molecular weight excluding hydrogens is 204 g/mol. The lowest BCUT2D eigenvalue weighted by Crippen LogP contribution is -2.56. The van der Waals surface area contributed by atoms with Gasteiger partial charge in [0.2, 0.25) is 0 Å². The molecule has 7 heteroatoms. The summed E-state index contributed by atoms with van der Waals surface area (Å²) in [6.45, 7) is 2.90. The summed E-state index contributed by atoms with van der Waals surface area (Å²) in [5.74, 6) is -0.753. The van der Waals surface area contributed by atoms with E-state index in [1.807, 2.05) is 0 Å². The van der Waals surface area contributed by atoms with Gasteiger partial charge in [0, 0.05) is 0 Å². The van der Waals surface area contributed by atoms with Crippen molar-refractivity contribution >= 4 is 12.1 Å². The van der Waals surface area contributed by atoms with Crippen LogP contribution in [0, 0.1) is 0 Å². The summed E-state index contributed by atoms with van der Waals surface area (Å²) in [6, 6.07) is 0. The Bertz CT molecular complexity index is 291. The molecule has 1 heterocycles. The average Bonchev–Trinajstić information content (AvgIpc) is 2.19. The molecule has 15 heavy (non-hydrogen) atoms. The van der Waals surface area contributed by atoms with Crippen LogP contribution in [-0.4, -0.2) is 37.5 Å². The standard InChI is InChI=1S/C8H12N2O5/c1-5(9)6(11)13-2-8(10)3-14-7(12)15-4-8/h1-4,9-10H2. The second-order valence-electron chi connectivity index (χ2n) is 3.29. The van der Waals surface area contributed by atoms with Crippen LogP contribution in [-0.2, 0) is 19.0 Å². The highest BCUT2D eigenvalue weighted by molar-refractivity contribution is 5.86. The topological polar surface area (TPSA) is 114 Å². The molecule has 1 aliphatic rings. The third-order valence-corrected chi connectivity index (χ3v) is 1.71. The Kier molecular flexibility index (Phi) is 3.15. The molecule has 0 aromatic carbocycles. The van der Waals surface area contributed by atoms with Gasteiger partial charge in [-0.05, 0) is 0 Å². The Morgan fingerprint density at radius 1 is 1.53 bits per heavy atom. The highest BCUT2D eigenvalue weighted by Gasteiger charge is 2.35. The van der Waals surface area contributed by atoms with Crippen LogP contribution in [0.15, 0.2) is 12.3 Å². The molecule has 0 aliphatic carbocycles. The van der Waals surface area contributed by atoms with Crippen molar-refractivity contribution in [1.29, 1.82) is 0 Å². The van der Waals surface area contributed by atoms with Crippen LogP contribution >= 0.6 is 0 Å². The third-order valence-electron chi connectivity index (χ3n) is 1.71. The quantitative estimate of drug-likeness (QED) is 0.453. The first-order valence-corrected chi connectivity index (χ1v) is 4.13. The average molecular weight is 216 g/mol. The van der Waals surface area contributed by atoms with Crippen LogP contribution in [0.5, 0.6) is 0 Å². The number of hydrogen-bond acceptors (Lipinski definition) is 7. The maximum atomic E-state index is 10.9. The zero-order valence-electron chi connectivity index (χ0n) is 8.02. The SMILES string of the molecule is C=C(N)C(=O)OCC1(N)COC(=O)OC1. The van der Waals surface area contributed by atoms with Gasteiger partial charge in [0.25, 0.3) is 0 Å². The molecule has 4 N–H and O–H groups in total. The summed E-state index contributed by atoms with van der Waals surface area (Å²) in [7, 11) is 0. The van der Waals surface area contributed by atoms with Crippen LogP contribution in [0.25, 0.3) is 0 Å². The molecule has 0 unspecified atom stereocenters. The molecule has 0 saturated carbocycles. The van der Waals surface area contributed by atoms with E-state index in [9.17, 15) is 9.59 Å². The number of carbonyl (C=O) groups is 2. The Morgan fingerprint density at radius 3 is 2.53 bits per heavy atom. The van der Waals surface area contributed by atoms with Crippen LogP contribution in [0.3, 0.4) is 0 Å². The minimum absolute atomic E-state index is 0.0733. The van der Waals surface area contributed by atoms with E-state index >= 15 is 0 Å². The van der Waals surface area contributed by atoms with Gasteiger partial charge in [-0.1, -0.05) is 6.58 Å². The van der Waals surface area contributed by atoms with Crippen molar-refractivity contribution in [2.24, 2.45) is 11.5 Å². The molecule has 0 aromatic heterocycles. The van der Waals surface area contributed by atoms with Crippen LogP contribution < -0.4 is 11.5 Å². The van der Waals surface area contributed by atoms with Crippen molar-refractivity contribution in [3.05, 3.63) is 12.3 Å². The molecule has 1 saturated heterocycles. The second-order valence-corrected chi connectivity index (χ2v) is 3.29. The largest absolute Gasteiger partial charge is 0.508 e. The maximum absolute atomic E-state index is 10.9. The number of nitrogens with two attached hydrogens (primary N) is 2. The molecule has 1 rings (SSSR count). The summed E-state index contributed by atoms with van der Waals surface area (Å²) in [6.07, 6.45) is -0.786. The van der Waals surface area contributed by atoms with Gasteiger partial charge in [-0.3, -0.25) is 0 Å². The van der Waals surface area contributed by atoms with Gasteiger partial charge in [0.15, 0.2) is 0 Å². The van der Waals surface area contributed by atoms with Crippen LogP contribution in [0.1, 0.15) is 0 Å². The fraction of sp³-hybridized carbons (Fsp3) is 0.500. The van der Waals surface area contributed by atoms with E-state index in [0.29, 0.717) is 0 Å². The first kappa shape index (κ1) is 11.3. The molecule has 84 valence electrons. The lowest BCUT2D eigenvalue weighted by Gasteiger charge is -2.31. The highest BCUT2D eigenvalue weighted by Crippen LogP contribution is 2.11. The molecule has 7 nitrogen and oxygen atoms in total. The normalized spacial score (nSPS) is 18.6. The van der Waals surface area contributed by atoms with Gasteiger partial charge >= 0.3 is 12.1 Å². The van der Waals surface area contributed by atoms with Gasteiger partial charge in [-0.25, -0.2) is 9.59 Å². The minimum Gasteiger partial charge on any atom is -0.459 e. The van der Waals surface area contributed by atoms with E-state index in [4.69, 9.17) is 16.2 Å². The molecule has 0 radical (unpaired) electrons. The van der Waals surface area contributed by atoms with Crippen molar-refractivity contribution in [2.45, 2.75) is 5.54 Å². The maximum Gasteiger partial charge on any atom is 0.508 e. The number of ether oxygens (including phenoxy) is 3. The predicted octanol–water partition coefficient (Wildman–Crippen LogP) is -1.13. The van der Waals surface area contributed by atoms with E-state index in [1.165, 1.54) is 0 Å². The molecule has 0 amide bonds. The highest BCUT2D eigenvalue weighted by atomic mass is 16.7. The van der Waals surface area contributed by atoms with Gasteiger partial charge in [0.05, 0.1) is 0 Å². The Hall–Kier alpha value is -1.76. The third kappa shape index (κ3) is 3.13.